The van der Waals surface area contributed by atoms with Crippen molar-refractivity contribution in [2.45, 2.75) is 33.3 Å². The third-order valence-corrected chi connectivity index (χ3v) is 2.81. The van der Waals surface area contributed by atoms with E-state index in [1.54, 1.807) is 0 Å². The lowest BCUT2D eigenvalue weighted by Gasteiger charge is -2.07. The van der Waals surface area contributed by atoms with E-state index in [1.807, 2.05) is 44.2 Å². The van der Waals surface area contributed by atoms with Crippen LogP contribution in [0.2, 0.25) is 0 Å². The molecular formula is C16H21NO4. The second-order valence-corrected chi connectivity index (χ2v) is 5.02. The van der Waals surface area contributed by atoms with Crippen LogP contribution >= 0.6 is 0 Å². The summed E-state index contributed by atoms with van der Waals surface area (Å²) < 4.78 is 9.66. The predicted octanol–water partition coefficient (Wildman–Crippen LogP) is 3.37. The second kappa shape index (κ2) is 8.89. The molecule has 1 rings (SSSR count). The van der Waals surface area contributed by atoms with Crippen molar-refractivity contribution in [2.75, 3.05) is 7.11 Å². The lowest BCUT2D eigenvalue weighted by molar-refractivity contribution is -0.132. The minimum Gasteiger partial charge on any atom is -0.465 e. The molecule has 0 spiro atoms. The number of esters is 1. The number of hydrogen-bond donors (Lipinski definition) is 0. The zero-order chi connectivity index (χ0) is 15.7. The molecule has 0 aromatic heterocycles. The average Bonchev–Trinajstić information content (AvgIpc) is 2.49. The Morgan fingerprint density at radius 1 is 1.19 bits per heavy atom. The standard InChI is InChI=1S/C16H21NO4/c1-12(2)9-10-14(15(18)20-3)17-16(19)21-11-13-7-5-4-6-8-13/h4-8,12H,9-11H2,1-3H3. The van der Waals surface area contributed by atoms with Crippen LogP contribution in [0.25, 0.3) is 0 Å². The summed E-state index contributed by atoms with van der Waals surface area (Å²) in [4.78, 5) is 27.0. The van der Waals surface area contributed by atoms with E-state index in [2.05, 4.69) is 9.73 Å². The van der Waals surface area contributed by atoms with E-state index in [-0.39, 0.29) is 12.3 Å². The number of carbonyl (C=O) groups is 2. The van der Waals surface area contributed by atoms with Crippen molar-refractivity contribution in [2.24, 2.45) is 10.9 Å². The Morgan fingerprint density at radius 2 is 1.86 bits per heavy atom. The topological polar surface area (TPSA) is 65.0 Å². The molecule has 0 unspecified atom stereocenters. The highest BCUT2D eigenvalue weighted by Crippen LogP contribution is 2.07. The van der Waals surface area contributed by atoms with E-state index >= 15 is 0 Å². The van der Waals surface area contributed by atoms with Gasteiger partial charge < -0.3 is 9.47 Å². The number of hydrogen-bond acceptors (Lipinski definition) is 4. The molecule has 0 N–H and O–H groups in total. The molecule has 0 atom stereocenters. The number of rotatable bonds is 6. The highest BCUT2D eigenvalue weighted by molar-refractivity contribution is 6.37. The monoisotopic (exact) mass is 291 g/mol. The Labute approximate surface area is 125 Å². The maximum absolute atomic E-state index is 11.7. The maximum Gasteiger partial charge on any atom is 0.434 e. The van der Waals surface area contributed by atoms with Gasteiger partial charge in [-0.3, -0.25) is 0 Å². The third-order valence-electron chi connectivity index (χ3n) is 2.81. The fourth-order valence-corrected chi connectivity index (χ4v) is 1.61. The SMILES string of the molecule is COC(=O)C(CCC(C)C)=NC(=O)OCc1ccccc1. The first-order valence-electron chi connectivity index (χ1n) is 6.89. The van der Waals surface area contributed by atoms with Gasteiger partial charge in [0.2, 0.25) is 0 Å². The Morgan fingerprint density at radius 3 is 2.43 bits per heavy atom. The molecule has 0 fully saturated rings. The van der Waals surface area contributed by atoms with Gasteiger partial charge in [0, 0.05) is 0 Å². The van der Waals surface area contributed by atoms with Crippen molar-refractivity contribution in [3.8, 4) is 0 Å². The first kappa shape index (κ1) is 16.9. The number of aliphatic imine (C=N–C) groups is 1. The van der Waals surface area contributed by atoms with Gasteiger partial charge in [-0.15, -0.1) is 0 Å². The van der Waals surface area contributed by atoms with Crippen LogP contribution in [0, 0.1) is 5.92 Å². The number of methoxy groups -OCH3 is 1. The van der Waals surface area contributed by atoms with Gasteiger partial charge in [0.15, 0.2) is 0 Å². The van der Waals surface area contributed by atoms with Gasteiger partial charge in [0.05, 0.1) is 7.11 Å². The number of nitrogens with zero attached hydrogens (tertiary/aromatic N) is 1. The Bertz CT molecular complexity index is 494. The van der Waals surface area contributed by atoms with Gasteiger partial charge in [-0.25, -0.2) is 9.59 Å². The maximum atomic E-state index is 11.7. The summed E-state index contributed by atoms with van der Waals surface area (Å²) in [5.41, 5.74) is 0.965. The van der Waals surface area contributed by atoms with E-state index in [0.29, 0.717) is 12.3 Å². The van der Waals surface area contributed by atoms with Gasteiger partial charge >= 0.3 is 12.1 Å². The largest absolute Gasteiger partial charge is 0.465 e. The smallest absolute Gasteiger partial charge is 0.434 e. The van der Waals surface area contributed by atoms with Crippen molar-refractivity contribution in [3.05, 3.63) is 35.9 Å². The van der Waals surface area contributed by atoms with Gasteiger partial charge in [0.25, 0.3) is 0 Å². The molecule has 1 aromatic rings. The molecule has 0 aliphatic rings. The molecule has 5 heteroatoms. The molecule has 0 bridgehead atoms. The fraction of sp³-hybridized carbons (Fsp3) is 0.438. The molecule has 0 radical (unpaired) electrons. The minimum atomic E-state index is -0.775. The van der Waals surface area contributed by atoms with Crippen molar-refractivity contribution < 1.29 is 19.1 Å². The highest BCUT2D eigenvalue weighted by atomic mass is 16.5. The van der Waals surface area contributed by atoms with Crippen molar-refractivity contribution in [3.63, 3.8) is 0 Å². The van der Waals surface area contributed by atoms with E-state index in [9.17, 15) is 9.59 Å². The predicted molar refractivity (Wildman–Crippen MR) is 80.2 cm³/mol. The summed E-state index contributed by atoms with van der Waals surface area (Å²) in [6.45, 7) is 4.19. The Hall–Kier alpha value is -2.17. The number of carbonyl (C=O) groups excluding carboxylic acids is 2. The van der Waals surface area contributed by atoms with Gasteiger partial charge in [-0.05, 0) is 24.3 Å². The van der Waals surface area contributed by atoms with E-state index in [1.165, 1.54) is 7.11 Å². The minimum absolute atomic E-state index is 0.101. The molecule has 114 valence electrons. The number of ether oxygens (including phenoxy) is 2. The van der Waals surface area contributed by atoms with Gasteiger partial charge in [-0.1, -0.05) is 44.2 Å². The van der Waals surface area contributed by atoms with Crippen molar-refractivity contribution >= 4 is 17.8 Å². The lowest BCUT2D eigenvalue weighted by Crippen LogP contribution is -2.18. The molecule has 0 aliphatic heterocycles. The summed E-state index contributed by atoms with van der Waals surface area (Å²) in [5.74, 6) is -0.187. The van der Waals surface area contributed by atoms with Crippen molar-refractivity contribution in [1.29, 1.82) is 0 Å². The zero-order valence-corrected chi connectivity index (χ0v) is 12.7. The number of amides is 1. The highest BCUT2D eigenvalue weighted by Gasteiger charge is 2.15. The van der Waals surface area contributed by atoms with Crippen LogP contribution in [0.3, 0.4) is 0 Å². The van der Waals surface area contributed by atoms with E-state index in [4.69, 9.17) is 4.74 Å². The summed E-state index contributed by atoms with van der Waals surface area (Å²) in [5, 5.41) is 0. The molecule has 0 heterocycles. The van der Waals surface area contributed by atoms with Crippen LogP contribution in [0.5, 0.6) is 0 Å². The summed E-state index contributed by atoms with van der Waals surface area (Å²) >= 11 is 0. The van der Waals surface area contributed by atoms with Crippen LogP contribution < -0.4 is 0 Å². The van der Waals surface area contributed by atoms with Crippen LogP contribution in [0.1, 0.15) is 32.3 Å². The molecular weight excluding hydrogens is 270 g/mol. The fourth-order valence-electron chi connectivity index (χ4n) is 1.61. The molecule has 0 saturated heterocycles. The quantitative estimate of drug-likeness (QED) is 0.595. The third kappa shape index (κ3) is 6.70. The first-order chi connectivity index (χ1) is 10.0. The molecule has 21 heavy (non-hydrogen) atoms. The second-order valence-electron chi connectivity index (χ2n) is 5.02. The van der Waals surface area contributed by atoms with E-state index in [0.717, 1.165) is 12.0 Å². The average molecular weight is 291 g/mol. The number of benzene rings is 1. The van der Waals surface area contributed by atoms with Gasteiger partial charge in [-0.2, -0.15) is 4.99 Å². The molecule has 1 aromatic carbocycles. The Kier molecular flexibility index (Phi) is 7.15. The Balaban J connectivity index is 2.61. The summed E-state index contributed by atoms with van der Waals surface area (Å²) in [7, 11) is 1.27. The van der Waals surface area contributed by atoms with Crippen LogP contribution in [-0.2, 0) is 20.9 Å². The molecule has 1 amide bonds. The molecule has 5 nitrogen and oxygen atoms in total. The summed E-state index contributed by atoms with van der Waals surface area (Å²) in [6, 6.07) is 9.28. The lowest BCUT2D eigenvalue weighted by atomic mass is 10.1. The zero-order valence-electron chi connectivity index (χ0n) is 12.7. The molecule has 0 saturated carbocycles. The van der Waals surface area contributed by atoms with Gasteiger partial charge in [0.1, 0.15) is 12.3 Å². The van der Waals surface area contributed by atoms with Crippen molar-refractivity contribution in [1.82, 2.24) is 0 Å². The molecule has 0 aliphatic carbocycles. The van der Waals surface area contributed by atoms with Crippen LogP contribution in [-0.4, -0.2) is 24.9 Å². The normalized spacial score (nSPS) is 11.3. The van der Waals surface area contributed by atoms with Crippen LogP contribution in [0.15, 0.2) is 35.3 Å². The van der Waals surface area contributed by atoms with Crippen LogP contribution in [0.4, 0.5) is 4.79 Å². The first-order valence-corrected chi connectivity index (χ1v) is 6.89. The van der Waals surface area contributed by atoms with E-state index < -0.39 is 12.1 Å². The summed E-state index contributed by atoms with van der Waals surface area (Å²) in [6.07, 6.45) is 0.369.